The maximum absolute atomic E-state index is 12.5. The standard InChI is InChI=1S/C22H24N2O3S/c1-14(2)27-21(26)18-10-11-28-20(18)24-19(25)16(13-23)12-15-6-8-17(9-7-15)22(3,4)5/h6-12,14H,1-5H3,(H,24,25). The molecule has 2 rings (SSSR count). The van der Waals surface area contributed by atoms with E-state index in [9.17, 15) is 14.9 Å². The number of ether oxygens (including phenoxy) is 1. The van der Waals surface area contributed by atoms with Gasteiger partial charge in [-0.1, -0.05) is 45.0 Å². The number of nitrogens with one attached hydrogen (secondary N) is 1. The molecule has 1 N–H and O–H groups in total. The third-order valence-electron chi connectivity index (χ3n) is 3.91. The van der Waals surface area contributed by atoms with E-state index in [2.05, 4.69) is 26.1 Å². The van der Waals surface area contributed by atoms with Crippen LogP contribution in [0.3, 0.4) is 0 Å². The molecule has 1 heterocycles. The first-order valence-corrected chi connectivity index (χ1v) is 9.82. The first-order valence-electron chi connectivity index (χ1n) is 8.94. The molecular weight excluding hydrogens is 372 g/mol. The van der Waals surface area contributed by atoms with Crippen molar-refractivity contribution in [2.24, 2.45) is 0 Å². The molecule has 5 nitrogen and oxygen atoms in total. The summed E-state index contributed by atoms with van der Waals surface area (Å²) in [6.07, 6.45) is 1.27. The summed E-state index contributed by atoms with van der Waals surface area (Å²) in [6.45, 7) is 9.87. The van der Waals surface area contributed by atoms with E-state index < -0.39 is 11.9 Å². The quantitative estimate of drug-likeness (QED) is 0.430. The van der Waals surface area contributed by atoms with Crippen LogP contribution in [0.2, 0.25) is 0 Å². The lowest BCUT2D eigenvalue weighted by Crippen LogP contribution is -2.17. The Morgan fingerprint density at radius 3 is 2.36 bits per heavy atom. The van der Waals surface area contributed by atoms with E-state index in [0.717, 1.165) is 5.56 Å². The van der Waals surface area contributed by atoms with Gasteiger partial charge in [0.25, 0.3) is 5.91 Å². The molecule has 0 aliphatic carbocycles. The summed E-state index contributed by atoms with van der Waals surface area (Å²) in [4.78, 5) is 24.6. The van der Waals surface area contributed by atoms with Crippen molar-refractivity contribution in [3.8, 4) is 6.07 Å². The highest BCUT2D eigenvalue weighted by molar-refractivity contribution is 7.14. The predicted octanol–water partition coefficient (Wildman–Crippen LogP) is 5.16. The molecule has 146 valence electrons. The van der Waals surface area contributed by atoms with Gasteiger partial charge < -0.3 is 10.1 Å². The van der Waals surface area contributed by atoms with Crippen molar-refractivity contribution in [3.63, 3.8) is 0 Å². The third-order valence-corrected chi connectivity index (χ3v) is 4.74. The molecule has 2 aromatic rings. The van der Waals surface area contributed by atoms with E-state index in [0.29, 0.717) is 5.00 Å². The monoisotopic (exact) mass is 396 g/mol. The van der Waals surface area contributed by atoms with Crippen LogP contribution < -0.4 is 5.32 Å². The van der Waals surface area contributed by atoms with Crippen LogP contribution >= 0.6 is 11.3 Å². The molecular formula is C22H24N2O3S. The zero-order chi connectivity index (χ0) is 20.9. The molecule has 0 unspecified atom stereocenters. The predicted molar refractivity (Wildman–Crippen MR) is 112 cm³/mol. The summed E-state index contributed by atoms with van der Waals surface area (Å²) >= 11 is 1.20. The first kappa shape index (κ1) is 21.4. The van der Waals surface area contributed by atoms with Crippen LogP contribution in [-0.2, 0) is 14.9 Å². The van der Waals surface area contributed by atoms with Gasteiger partial charge >= 0.3 is 5.97 Å². The van der Waals surface area contributed by atoms with Crippen LogP contribution in [0.15, 0.2) is 41.3 Å². The minimum Gasteiger partial charge on any atom is -0.459 e. The lowest BCUT2D eigenvalue weighted by molar-refractivity contribution is -0.112. The van der Waals surface area contributed by atoms with E-state index in [1.165, 1.54) is 23.0 Å². The minimum absolute atomic E-state index is 0.0256. The summed E-state index contributed by atoms with van der Waals surface area (Å²) in [6, 6.07) is 11.2. The summed E-state index contributed by atoms with van der Waals surface area (Å²) in [5, 5.41) is 14.1. The molecule has 0 aliphatic heterocycles. The molecule has 6 heteroatoms. The highest BCUT2D eigenvalue weighted by atomic mass is 32.1. The van der Waals surface area contributed by atoms with Crippen molar-refractivity contribution in [2.45, 2.75) is 46.1 Å². The number of nitrogens with zero attached hydrogens (tertiary/aromatic N) is 1. The van der Waals surface area contributed by atoms with Gasteiger partial charge in [0.05, 0.1) is 11.7 Å². The second kappa shape index (κ2) is 8.85. The largest absolute Gasteiger partial charge is 0.459 e. The normalized spacial score (nSPS) is 11.8. The molecule has 1 aromatic carbocycles. The number of benzene rings is 1. The molecule has 0 atom stereocenters. The second-order valence-electron chi connectivity index (χ2n) is 7.61. The molecule has 0 saturated heterocycles. The van der Waals surface area contributed by atoms with E-state index in [1.807, 2.05) is 30.3 Å². The number of carbonyl (C=O) groups excluding carboxylic acids is 2. The Kier molecular flexibility index (Phi) is 6.76. The summed E-state index contributed by atoms with van der Waals surface area (Å²) in [5.74, 6) is -1.07. The lowest BCUT2D eigenvalue weighted by atomic mass is 9.86. The number of esters is 1. The van der Waals surface area contributed by atoms with Gasteiger partial charge in [-0.05, 0) is 47.9 Å². The molecule has 0 aliphatic rings. The Labute approximate surface area is 169 Å². The molecule has 0 radical (unpaired) electrons. The van der Waals surface area contributed by atoms with Gasteiger partial charge in [-0.3, -0.25) is 4.79 Å². The molecule has 0 saturated carbocycles. The van der Waals surface area contributed by atoms with Gasteiger partial charge in [-0.25, -0.2) is 4.79 Å². The maximum Gasteiger partial charge on any atom is 0.341 e. The maximum atomic E-state index is 12.5. The number of carbonyl (C=O) groups is 2. The zero-order valence-electron chi connectivity index (χ0n) is 16.7. The smallest absolute Gasteiger partial charge is 0.341 e. The Bertz CT molecular complexity index is 926. The van der Waals surface area contributed by atoms with Gasteiger partial charge in [0.1, 0.15) is 16.6 Å². The van der Waals surface area contributed by atoms with Gasteiger partial charge in [-0.15, -0.1) is 11.3 Å². The average molecular weight is 397 g/mol. The number of thiophene rings is 1. The van der Waals surface area contributed by atoms with Gasteiger partial charge in [-0.2, -0.15) is 5.26 Å². The molecule has 1 amide bonds. The van der Waals surface area contributed by atoms with E-state index in [-0.39, 0.29) is 22.7 Å². The number of hydrogen-bond donors (Lipinski definition) is 1. The Balaban J connectivity index is 2.19. The zero-order valence-corrected chi connectivity index (χ0v) is 17.5. The van der Waals surface area contributed by atoms with E-state index in [4.69, 9.17) is 4.74 Å². The van der Waals surface area contributed by atoms with E-state index >= 15 is 0 Å². The first-order chi connectivity index (χ1) is 13.1. The van der Waals surface area contributed by atoms with Gasteiger partial charge in [0.2, 0.25) is 0 Å². The highest BCUT2D eigenvalue weighted by Crippen LogP contribution is 2.26. The van der Waals surface area contributed by atoms with Gasteiger partial charge in [0.15, 0.2) is 0 Å². The lowest BCUT2D eigenvalue weighted by Gasteiger charge is -2.18. The summed E-state index contributed by atoms with van der Waals surface area (Å²) in [7, 11) is 0. The topological polar surface area (TPSA) is 79.2 Å². The van der Waals surface area contributed by atoms with Crippen molar-refractivity contribution in [1.29, 1.82) is 5.26 Å². The fourth-order valence-electron chi connectivity index (χ4n) is 2.41. The molecule has 1 aromatic heterocycles. The number of nitriles is 1. The van der Waals surface area contributed by atoms with Crippen molar-refractivity contribution in [1.82, 2.24) is 0 Å². The SMILES string of the molecule is CC(C)OC(=O)c1ccsc1NC(=O)C(C#N)=Cc1ccc(C(C)(C)C)cc1. The van der Waals surface area contributed by atoms with Gasteiger partial charge in [0, 0.05) is 0 Å². The number of rotatable bonds is 5. The molecule has 0 bridgehead atoms. The second-order valence-corrected chi connectivity index (χ2v) is 8.53. The Hall–Kier alpha value is -2.91. The molecule has 0 spiro atoms. The summed E-state index contributed by atoms with van der Waals surface area (Å²) < 4.78 is 5.17. The van der Waals surface area contributed by atoms with Crippen LogP contribution in [0, 0.1) is 11.3 Å². The van der Waals surface area contributed by atoms with Crippen LogP contribution in [0.25, 0.3) is 6.08 Å². The fourth-order valence-corrected chi connectivity index (χ4v) is 3.18. The van der Waals surface area contributed by atoms with Crippen molar-refractivity contribution < 1.29 is 14.3 Å². The van der Waals surface area contributed by atoms with E-state index in [1.54, 1.807) is 25.3 Å². The number of hydrogen-bond acceptors (Lipinski definition) is 5. The van der Waals surface area contributed by atoms with Crippen molar-refractivity contribution in [3.05, 3.63) is 58.0 Å². The van der Waals surface area contributed by atoms with Crippen molar-refractivity contribution in [2.75, 3.05) is 5.32 Å². The average Bonchev–Trinajstić information content (AvgIpc) is 3.06. The molecule has 28 heavy (non-hydrogen) atoms. The number of anilines is 1. The summed E-state index contributed by atoms with van der Waals surface area (Å²) in [5.41, 5.74) is 2.18. The van der Waals surface area contributed by atoms with Crippen LogP contribution in [-0.4, -0.2) is 18.0 Å². The third kappa shape index (κ3) is 5.54. The highest BCUT2D eigenvalue weighted by Gasteiger charge is 2.19. The Morgan fingerprint density at radius 1 is 1.18 bits per heavy atom. The van der Waals surface area contributed by atoms with Crippen LogP contribution in [0.1, 0.15) is 56.1 Å². The number of amides is 1. The molecule has 0 fully saturated rings. The fraction of sp³-hybridized carbons (Fsp3) is 0.318. The van der Waals surface area contributed by atoms with Crippen LogP contribution in [0.4, 0.5) is 5.00 Å². The Morgan fingerprint density at radius 2 is 1.82 bits per heavy atom. The van der Waals surface area contributed by atoms with Crippen LogP contribution in [0.5, 0.6) is 0 Å². The van der Waals surface area contributed by atoms with Crippen molar-refractivity contribution >= 4 is 34.3 Å². The minimum atomic E-state index is -0.566.